The number of piperazine rings is 1. The summed E-state index contributed by atoms with van der Waals surface area (Å²) in [6, 6.07) is 10.2. The van der Waals surface area contributed by atoms with Gasteiger partial charge >= 0.3 is 0 Å². The minimum atomic E-state index is 0.0229. The van der Waals surface area contributed by atoms with Crippen molar-refractivity contribution >= 4 is 17.3 Å². The van der Waals surface area contributed by atoms with E-state index < -0.39 is 0 Å². The SMILES string of the molecule is CCCCNc1ccnc(C(=O)N2CCN(c3cccc(C)c3C)CC2)c1. The second-order valence-electron chi connectivity index (χ2n) is 7.21. The van der Waals surface area contributed by atoms with Crippen molar-refractivity contribution in [1.82, 2.24) is 9.88 Å². The molecule has 0 atom stereocenters. The van der Waals surface area contributed by atoms with E-state index in [4.69, 9.17) is 0 Å². The normalized spacial score (nSPS) is 14.3. The Morgan fingerprint density at radius 3 is 2.67 bits per heavy atom. The lowest BCUT2D eigenvalue weighted by molar-refractivity contribution is 0.0741. The number of amides is 1. The van der Waals surface area contributed by atoms with Crippen molar-refractivity contribution in [3.63, 3.8) is 0 Å². The van der Waals surface area contributed by atoms with E-state index in [0.717, 1.165) is 51.3 Å². The topological polar surface area (TPSA) is 48.5 Å². The molecule has 5 nitrogen and oxygen atoms in total. The molecule has 1 aromatic carbocycles. The van der Waals surface area contributed by atoms with Crippen LogP contribution in [0.2, 0.25) is 0 Å². The Kier molecular flexibility index (Phi) is 6.32. The molecule has 1 saturated heterocycles. The van der Waals surface area contributed by atoms with Gasteiger partial charge in [-0.15, -0.1) is 0 Å². The number of rotatable bonds is 6. The number of nitrogens with zero attached hydrogens (tertiary/aromatic N) is 3. The highest BCUT2D eigenvalue weighted by Crippen LogP contribution is 2.24. The van der Waals surface area contributed by atoms with Gasteiger partial charge in [-0.05, 0) is 49.6 Å². The zero-order chi connectivity index (χ0) is 19.2. The number of nitrogens with one attached hydrogen (secondary N) is 1. The Bertz CT molecular complexity index is 782. The van der Waals surface area contributed by atoms with Crippen molar-refractivity contribution in [3.8, 4) is 0 Å². The van der Waals surface area contributed by atoms with Crippen LogP contribution in [0.25, 0.3) is 0 Å². The first-order chi connectivity index (χ1) is 13.1. The van der Waals surface area contributed by atoms with Gasteiger partial charge in [0.1, 0.15) is 5.69 Å². The van der Waals surface area contributed by atoms with E-state index in [1.807, 2.05) is 17.0 Å². The number of hydrogen-bond acceptors (Lipinski definition) is 4. The quantitative estimate of drug-likeness (QED) is 0.789. The molecule has 0 radical (unpaired) electrons. The van der Waals surface area contributed by atoms with E-state index in [9.17, 15) is 4.79 Å². The second kappa shape index (κ2) is 8.89. The van der Waals surface area contributed by atoms with E-state index in [0.29, 0.717) is 5.69 Å². The Morgan fingerprint density at radius 1 is 1.15 bits per heavy atom. The van der Waals surface area contributed by atoms with Gasteiger partial charge in [0.2, 0.25) is 0 Å². The summed E-state index contributed by atoms with van der Waals surface area (Å²) in [5.41, 5.74) is 5.40. The molecule has 5 heteroatoms. The zero-order valence-corrected chi connectivity index (χ0v) is 16.7. The molecule has 0 bridgehead atoms. The number of aromatic nitrogens is 1. The summed E-state index contributed by atoms with van der Waals surface area (Å²) in [5, 5.41) is 3.36. The minimum Gasteiger partial charge on any atom is -0.385 e. The van der Waals surface area contributed by atoms with Crippen LogP contribution in [0.5, 0.6) is 0 Å². The summed E-state index contributed by atoms with van der Waals surface area (Å²) in [6.45, 7) is 10.6. The maximum absolute atomic E-state index is 12.9. The van der Waals surface area contributed by atoms with Crippen molar-refractivity contribution in [2.75, 3.05) is 42.9 Å². The fraction of sp³-hybridized carbons (Fsp3) is 0.455. The molecule has 0 unspecified atom stereocenters. The molecule has 0 spiro atoms. The molecule has 1 amide bonds. The Morgan fingerprint density at radius 2 is 1.93 bits per heavy atom. The monoisotopic (exact) mass is 366 g/mol. The Balaban J connectivity index is 1.61. The molecule has 1 aromatic heterocycles. The van der Waals surface area contributed by atoms with Crippen LogP contribution < -0.4 is 10.2 Å². The summed E-state index contributed by atoms with van der Waals surface area (Å²) < 4.78 is 0. The third-order valence-corrected chi connectivity index (χ3v) is 5.32. The third-order valence-electron chi connectivity index (χ3n) is 5.32. The number of pyridine rings is 1. The number of carbonyl (C=O) groups is 1. The summed E-state index contributed by atoms with van der Waals surface area (Å²) in [5.74, 6) is 0.0229. The summed E-state index contributed by atoms with van der Waals surface area (Å²) in [6.07, 6.45) is 3.98. The van der Waals surface area contributed by atoms with Crippen LogP contribution in [0.1, 0.15) is 41.4 Å². The maximum atomic E-state index is 12.9. The van der Waals surface area contributed by atoms with E-state index in [1.54, 1.807) is 6.20 Å². The standard InChI is InChI=1S/C22H30N4O/c1-4-5-10-23-19-9-11-24-20(16-19)22(27)26-14-12-25(13-15-26)21-8-6-7-17(2)18(21)3/h6-9,11,16H,4-5,10,12-15H2,1-3H3,(H,23,24). The van der Waals surface area contributed by atoms with Gasteiger partial charge < -0.3 is 15.1 Å². The molecule has 0 aliphatic carbocycles. The molecule has 1 aliphatic rings. The Labute approximate surface area is 162 Å². The molecule has 1 N–H and O–H groups in total. The van der Waals surface area contributed by atoms with Gasteiger partial charge in [-0.25, -0.2) is 0 Å². The minimum absolute atomic E-state index is 0.0229. The third kappa shape index (κ3) is 4.59. The predicted octanol–water partition coefficient (Wildman–Crippen LogP) is 3.87. The van der Waals surface area contributed by atoms with Gasteiger partial charge in [0.15, 0.2) is 0 Å². The van der Waals surface area contributed by atoms with Crippen LogP contribution in [0, 0.1) is 13.8 Å². The number of unbranched alkanes of at least 4 members (excludes halogenated alkanes) is 1. The van der Waals surface area contributed by atoms with Crippen LogP contribution >= 0.6 is 0 Å². The van der Waals surface area contributed by atoms with E-state index in [2.05, 4.69) is 54.2 Å². The summed E-state index contributed by atoms with van der Waals surface area (Å²) in [7, 11) is 0. The molecule has 27 heavy (non-hydrogen) atoms. The van der Waals surface area contributed by atoms with Gasteiger partial charge in [0.25, 0.3) is 5.91 Å². The molecule has 2 heterocycles. The van der Waals surface area contributed by atoms with E-state index >= 15 is 0 Å². The van der Waals surface area contributed by atoms with Gasteiger partial charge in [-0.2, -0.15) is 0 Å². The van der Waals surface area contributed by atoms with Crippen molar-refractivity contribution in [1.29, 1.82) is 0 Å². The van der Waals surface area contributed by atoms with Gasteiger partial charge in [-0.3, -0.25) is 9.78 Å². The molecule has 3 rings (SSSR count). The van der Waals surface area contributed by atoms with Crippen molar-refractivity contribution in [2.24, 2.45) is 0 Å². The van der Waals surface area contributed by atoms with E-state index in [1.165, 1.54) is 16.8 Å². The van der Waals surface area contributed by atoms with Crippen molar-refractivity contribution in [3.05, 3.63) is 53.3 Å². The van der Waals surface area contributed by atoms with Crippen LogP contribution in [-0.2, 0) is 0 Å². The maximum Gasteiger partial charge on any atom is 0.272 e. The largest absolute Gasteiger partial charge is 0.385 e. The number of hydrogen-bond donors (Lipinski definition) is 1. The highest BCUT2D eigenvalue weighted by molar-refractivity contribution is 5.93. The smallest absolute Gasteiger partial charge is 0.272 e. The molecule has 144 valence electrons. The fourth-order valence-electron chi connectivity index (χ4n) is 3.46. The van der Waals surface area contributed by atoms with E-state index in [-0.39, 0.29) is 5.91 Å². The zero-order valence-electron chi connectivity index (χ0n) is 16.7. The van der Waals surface area contributed by atoms with Crippen molar-refractivity contribution in [2.45, 2.75) is 33.6 Å². The highest BCUT2D eigenvalue weighted by Gasteiger charge is 2.24. The number of carbonyl (C=O) groups excluding carboxylic acids is 1. The van der Waals surface area contributed by atoms with Crippen LogP contribution in [-0.4, -0.2) is 48.5 Å². The number of benzene rings is 1. The molecule has 0 saturated carbocycles. The lowest BCUT2D eigenvalue weighted by Crippen LogP contribution is -2.49. The van der Waals surface area contributed by atoms with Crippen LogP contribution in [0.3, 0.4) is 0 Å². The van der Waals surface area contributed by atoms with Crippen LogP contribution in [0.4, 0.5) is 11.4 Å². The number of aryl methyl sites for hydroxylation is 1. The average Bonchev–Trinajstić information content (AvgIpc) is 2.70. The lowest BCUT2D eigenvalue weighted by atomic mass is 10.1. The first kappa shape index (κ1) is 19.2. The first-order valence-electron chi connectivity index (χ1n) is 9.90. The fourth-order valence-corrected chi connectivity index (χ4v) is 3.46. The van der Waals surface area contributed by atoms with Gasteiger partial charge in [0.05, 0.1) is 0 Å². The molecule has 1 fully saturated rings. The molecular formula is C22H30N4O. The predicted molar refractivity (Wildman–Crippen MR) is 112 cm³/mol. The van der Waals surface area contributed by atoms with Crippen molar-refractivity contribution < 1.29 is 4.79 Å². The van der Waals surface area contributed by atoms with Crippen LogP contribution in [0.15, 0.2) is 36.5 Å². The number of anilines is 2. The Hall–Kier alpha value is -2.56. The average molecular weight is 367 g/mol. The molecular weight excluding hydrogens is 336 g/mol. The lowest BCUT2D eigenvalue weighted by Gasteiger charge is -2.37. The van der Waals surface area contributed by atoms with Gasteiger partial charge in [-0.1, -0.05) is 25.5 Å². The first-order valence-corrected chi connectivity index (χ1v) is 9.90. The highest BCUT2D eigenvalue weighted by atomic mass is 16.2. The molecule has 2 aromatic rings. The summed E-state index contributed by atoms with van der Waals surface area (Å²) >= 11 is 0. The van der Waals surface area contributed by atoms with Gasteiger partial charge in [0, 0.05) is 50.3 Å². The molecule has 1 aliphatic heterocycles. The summed E-state index contributed by atoms with van der Waals surface area (Å²) in [4.78, 5) is 21.5. The second-order valence-corrected chi connectivity index (χ2v) is 7.21.